The van der Waals surface area contributed by atoms with Crippen molar-refractivity contribution in [1.82, 2.24) is 14.9 Å². The smallest absolute Gasteiger partial charge is 0.146 e. The number of aryl methyl sites for hydroxylation is 1. The first-order valence-electron chi connectivity index (χ1n) is 6.98. The van der Waals surface area contributed by atoms with Crippen LogP contribution in [0.15, 0.2) is 6.07 Å². The van der Waals surface area contributed by atoms with E-state index >= 15 is 0 Å². The summed E-state index contributed by atoms with van der Waals surface area (Å²) in [4.78, 5) is 11.7. The molecule has 4 nitrogen and oxygen atoms in total. The zero-order valence-electron chi connectivity index (χ0n) is 12.1. The Morgan fingerprint density at radius 1 is 1.53 bits per heavy atom. The van der Waals surface area contributed by atoms with Crippen molar-refractivity contribution >= 4 is 11.8 Å². The van der Waals surface area contributed by atoms with Crippen LogP contribution >= 0.6 is 11.8 Å². The van der Waals surface area contributed by atoms with Crippen molar-refractivity contribution in [3.63, 3.8) is 0 Å². The molecule has 1 saturated heterocycles. The molecule has 1 fully saturated rings. The predicted molar refractivity (Wildman–Crippen MR) is 81.4 cm³/mol. The van der Waals surface area contributed by atoms with Gasteiger partial charge in [0.1, 0.15) is 5.82 Å². The fourth-order valence-electron chi connectivity index (χ4n) is 2.28. The molecule has 0 amide bonds. The maximum Gasteiger partial charge on any atom is 0.146 e. The van der Waals surface area contributed by atoms with Crippen LogP contribution in [0.25, 0.3) is 0 Å². The van der Waals surface area contributed by atoms with Crippen LogP contribution in [0, 0.1) is 6.92 Å². The highest BCUT2D eigenvalue weighted by Gasteiger charge is 2.24. The highest BCUT2D eigenvalue weighted by molar-refractivity contribution is 7.99. The van der Waals surface area contributed by atoms with E-state index in [-0.39, 0.29) is 6.04 Å². The number of hydrogen-bond acceptors (Lipinski definition) is 5. The van der Waals surface area contributed by atoms with Gasteiger partial charge in [0.25, 0.3) is 0 Å². The minimum absolute atomic E-state index is 0.195. The fourth-order valence-corrected chi connectivity index (χ4v) is 3.49. The van der Waals surface area contributed by atoms with Crippen molar-refractivity contribution in [2.75, 3.05) is 25.1 Å². The molecular formula is C14H24N4S. The minimum Gasteiger partial charge on any atom is -0.327 e. The van der Waals surface area contributed by atoms with E-state index in [0.29, 0.717) is 6.04 Å². The monoisotopic (exact) mass is 280 g/mol. The van der Waals surface area contributed by atoms with Gasteiger partial charge in [0.15, 0.2) is 0 Å². The van der Waals surface area contributed by atoms with E-state index in [1.54, 1.807) is 0 Å². The quantitative estimate of drug-likeness (QED) is 0.911. The summed E-state index contributed by atoms with van der Waals surface area (Å²) < 4.78 is 0. The van der Waals surface area contributed by atoms with E-state index in [9.17, 15) is 0 Å². The van der Waals surface area contributed by atoms with Crippen LogP contribution in [0.3, 0.4) is 0 Å². The first-order chi connectivity index (χ1) is 9.10. The Labute approximate surface area is 120 Å². The second-order valence-corrected chi connectivity index (χ2v) is 6.45. The molecule has 2 rings (SSSR count). The molecule has 19 heavy (non-hydrogen) atoms. The maximum absolute atomic E-state index is 6.04. The lowest BCUT2D eigenvalue weighted by Crippen LogP contribution is -2.34. The van der Waals surface area contributed by atoms with Crippen LogP contribution in [0.5, 0.6) is 0 Å². The lowest BCUT2D eigenvalue weighted by molar-refractivity contribution is 0.263. The summed E-state index contributed by atoms with van der Waals surface area (Å²) in [6.07, 6.45) is 1.83. The Kier molecular flexibility index (Phi) is 5.19. The molecule has 2 atom stereocenters. The number of thioether (sulfide) groups is 1. The third kappa shape index (κ3) is 3.91. The van der Waals surface area contributed by atoms with Crippen molar-refractivity contribution < 1.29 is 0 Å². The van der Waals surface area contributed by atoms with Gasteiger partial charge < -0.3 is 5.73 Å². The van der Waals surface area contributed by atoms with Crippen LogP contribution in [0.4, 0.5) is 0 Å². The van der Waals surface area contributed by atoms with Crippen LogP contribution in [0.2, 0.25) is 0 Å². The minimum atomic E-state index is 0.195. The molecule has 0 spiro atoms. The Bertz CT molecular complexity index is 424. The van der Waals surface area contributed by atoms with Gasteiger partial charge in [-0.3, -0.25) is 4.90 Å². The number of rotatable bonds is 4. The largest absolute Gasteiger partial charge is 0.327 e. The van der Waals surface area contributed by atoms with Crippen molar-refractivity contribution in [3.05, 3.63) is 23.3 Å². The third-order valence-corrected chi connectivity index (χ3v) is 4.64. The average Bonchev–Trinajstić information content (AvgIpc) is 2.38. The Hall–Kier alpha value is -0.650. The van der Waals surface area contributed by atoms with Gasteiger partial charge in [0, 0.05) is 41.9 Å². The fraction of sp³-hybridized carbons (Fsp3) is 0.714. The standard InChI is InChI=1S/C14H24N4S/c1-4-11(15)8-12-7-10(2)16-14(17-12)13-9-19-6-5-18(13)3/h7,11,13H,4-6,8-9,15H2,1-3H3. The van der Waals surface area contributed by atoms with Gasteiger partial charge in [-0.1, -0.05) is 6.92 Å². The summed E-state index contributed by atoms with van der Waals surface area (Å²) in [5.41, 5.74) is 8.17. The second-order valence-electron chi connectivity index (χ2n) is 5.30. The van der Waals surface area contributed by atoms with Crippen LogP contribution < -0.4 is 5.73 Å². The number of hydrogen-bond donors (Lipinski definition) is 1. The first kappa shape index (κ1) is 14.8. The molecule has 2 unspecified atom stereocenters. The normalized spacial score (nSPS) is 22.4. The molecule has 0 saturated carbocycles. The summed E-state index contributed by atoms with van der Waals surface area (Å²) in [7, 11) is 2.16. The van der Waals surface area contributed by atoms with Gasteiger partial charge in [-0.15, -0.1) is 0 Å². The van der Waals surface area contributed by atoms with Gasteiger partial charge in [0.2, 0.25) is 0 Å². The van der Waals surface area contributed by atoms with Crippen LogP contribution in [-0.2, 0) is 6.42 Å². The number of nitrogens with zero attached hydrogens (tertiary/aromatic N) is 3. The third-order valence-electron chi connectivity index (χ3n) is 3.61. The molecular weight excluding hydrogens is 256 g/mol. The molecule has 106 valence electrons. The Morgan fingerprint density at radius 3 is 3.00 bits per heavy atom. The highest BCUT2D eigenvalue weighted by Crippen LogP contribution is 2.26. The zero-order chi connectivity index (χ0) is 13.8. The molecule has 5 heteroatoms. The molecule has 1 aliphatic heterocycles. The molecule has 1 aliphatic rings. The van der Waals surface area contributed by atoms with E-state index in [2.05, 4.69) is 29.9 Å². The summed E-state index contributed by atoms with van der Waals surface area (Å²) in [5, 5.41) is 0. The highest BCUT2D eigenvalue weighted by atomic mass is 32.2. The van der Waals surface area contributed by atoms with Gasteiger partial charge >= 0.3 is 0 Å². The summed E-state index contributed by atoms with van der Waals surface area (Å²) >= 11 is 1.99. The molecule has 0 aliphatic carbocycles. The van der Waals surface area contributed by atoms with Gasteiger partial charge in [0.05, 0.1) is 6.04 Å². The van der Waals surface area contributed by atoms with Crippen molar-refractivity contribution in [1.29, 1.82) is 0 Å². The lowest BCUT2D eigenvalue weighted by Gasteiger charge is -2.31. The van der Waals surface area contributed by atoms with Crippen LogP contribution in [-0.4, -0.2) is 46.0 Å². The van der Waals surface area contributed by atoms with Crippen molar-refractivity contribution in [3.8, 4) is 0 Å². The van der Waals surface area contributed by atoms with E-state index < -0.39 is 0 Å². The predicted octanol–water partition coefficient (Wildman–Crippen LogP) is 1.78. The number of aromatic nitrogens is 2. The topological polar surface area (TPSA) is 55.0 Å². The van der Waals surface area contributed by atoms with Gasteiger partial charge in [-0.05, 0) is 26.5 Å². The van der Waals surface area contributed by atoms with E-state index in [0.717, 1.165) is 42.4 Å². The second kappa shape index (κ2) is 6.68. The molecule has 2 heterocycles. The Balaban J connectivity index is 2.20. The molecule has 2 N–H and O–H groups in total. The lowest BCUT2D eigenvalue weighted by atomic mass is 10.1. The van der Waals surface area contributed by atoms with E-state index in [1.807, 2.05) is 18.7 Å². The molecule has 0 aromatic carbocycles. The summed E-state index contributed by atoms with van der Waals surface area (Å²) in [5.74, 6) is 3.25. The molecule has 1 aromatic rings. The maximum atomic E-state index is 6.04. The van der Waals surface area contributed by atoms with Gasteiger partial charge in [-0.2, -0.15) is 11.8 Å². The van der Waals surface area contributed by atoms with E-state index in [1.165, 1.54) is 5.75 Å². The van der Waals surface area contributed by atoms with Gasteiger partial charge in [-0.25, -0.2) is 9.97 Å². The van der Waals surface area contributed by atoms with Crippen molar-refractivity contribution in [2.24, 2.45) is 5.73 Å². The summed E-state index contributed by atoms with van der Waals surface area (Å²) in [6.45, 7) is 5.27. The Morgan fingerprint density at radius 2 is 2.32 bits per heavy atom. The first-order valence-corrected chi connectivity index (χ1v) is 8.13. The molecule has 0 bridgehead atoms. The average molecular weight is 280 g/mol. The SMILES string of the molecule is CCC(N)Cc1cc(C)nc(C2CSCCN2C)n1. The van der Waals surface area contributed by atoms with E-state index in [4.69, 9.17) is 10.7 Å². The molecule has 0 radical (unpaired) electrons. The zero-order valence-corrected chi connectivity index (χ0v) is 12.9. The summed E-state index contributed by atoms with van der Waals surface area (Å²) in [6, 6.07) is 2.60. The van der Waals surface area contributed by atoms with Crippen molar-refractivity contribution in [2.45, 2.75) is 38.8 Å². The molecule has 1 aromatic heterocycles. The number of nitrogens with two attached hydrogens (primary N) is 1. The van der Waals surface area contributed by atoms with Crippen LogP contribution in [0.1, 0.15) is 36.6 Å².